The van der Waals surface area contributed by atoms with Crippen LogP contribution in [0.1, 0.15) is 52.1 Å². The Kier molecular flexibility index (Phi) is 12.6. The molecule has 0 unspecified atom stereocenters. The van der Waals surface area contributed by atoms with Gasteiger partial charge < -0.3 is 10.1 Å². The molecule has 0 radical (unpaired) electrons. The summed E-state index contributed by atoms with van der Waals surface area (Å²) in [5.41, 5.74) is 3.25. The molecule has 1 aromatic carbocycles. The first-order chi connectivity index (χ1) is 14.0. The summed E-state index contributed by atoms with van der Waals surface area (Å²) < 4.78 is 5.08. The fourth-order valence-electron chi connectivity index (χ4n) is 2.94. The number of unbranched alkanes of at least 4 members (excludes halogenated alkanes) is 1. The van der Waals surface area contributed by atoms with E-state index in [2.05, 4.69) is 55.7 Å². The zero-order valence-corrected chi connectivity index (χ0v) is 18.9. The number of rotatable bonds is 11. The minimum atomic E-state index is 0.705. The summed E-state index contributed by atoms with van der Waals surface area (Å²) in [5, 5.41) is 4.39. The summed E-state index contributed by atoms with van der Waals surface area (Å²) in [6.07, 6.45) is 6.65. The van der Waals surface area contributed by atoms with E-state index >= 15 is 0 Å². The predicted octanol–water partition coefficient (Wildman–Crippen LogP) is 5.08. The van der Waals surface area contributed by atoms with Crippen LogP contribution in [0.25, 0.3) is 10.9 Å². The number of fused-ring (bicyclic) bond motifs is 1. The quantitative estimate of drug-likeness (QED) is 0.422. The Hall–Kier alpha value is -2.24. The molecular weight excluding hydrogens is 360 g/mol. The van der Waals surface area contributed by atoms with Crippen LogP contribution >= 0.6 is 0 Å². The van der Waals surface area contributed by atoms with Crippen molar-refractivity contribution in [2.45, 2.75) is 53.5 Å². The van der Waals surface area contributed by atoms with Gasteiger partial charge in [0.05, 0.1) is 30.3 Å². The van der Waals surface area contributed by atoms with Gasteiger partial charge in [0.2, 0.25) is 0 Å². The Bertz CT molecular complexity index is 754. The Labute approximate surface area is 176 Å². The van der Waals surface area contributed by atoms with E-state index in [-0.39, 0.29) is 0 Å². The van der Waals surface area contributed by atoms with Gasteiger partial charge in [0.1, 0.15) is 5.82 Å². The molecule has 0 fully saturated rings. The van der Waals surface area contributed by atoms with Crippen LogP contribution in [0.4, 0.5) is 0 Å². The lowest BCUT2D eigenvalue weighted by molar-refractivity contribution is 0.334. The number of benzene rings is 1. The van der Waals surface area contributed by atoms with Crippen LogP contribution in [0, 0.1) is 0 Å². The Morgan fingerprint density at radius 1 is 1.21 bits per heavy atom. The van der Waals surface area contributed by atoms with Gasteiger partial charge in [-0.05, 0) is 51.5 Å². The van der Waals surface area contributed by atoms with Crippen LogP contribution in [0.2, 0.25) is 0 Å². The van der Waals surface area contributed by atoms with E-state index in [1.54, 1.807) is 6.26 Å². The number of ether oxygens (including phenoxy) is 1. The number of aromatic nitrogens is 2. The third-order valence-corrected chi connectivity index (χ3v) is 4.32. The second-order valence-electron chi connectivity index (χ2n) is 7.10. The molecule has 2 aromatic rings. The largest absolute Gasteiger partial charge is 0.473 e. The number of nitrogens with one attached hydrogen (secondary N) is 1. The molecule has 5 nitrogen and oxygen atoms in total. The van der Waals surface area contributed by atoms with Gasteiger partial charge in [-0.25, -0.2) is 9.97 Å². The van der Waals surface area contributed by atoms with E-state index < -0.39 is 0 Å². The smallest absolute Gasteiger partial charge is 0.143 e. The summed E-state index contributed by atoms with van der Waals surface area (Å²) in [6, 6.07) is 8.18. The maximum atomic E-state index is 5.08. The molecule has 0 saturated heterocycles. The average Bonchev–Trinajstić information content (AvgIpc) is 2.72. The SMILES string of the molecule is C=CO/C=C(\C)CN(C)Cc1nc(CC)c2ccccc2n1.CCCCNCC. The monoisotopic (exact) mass is 398 g/mol. The summed E-state index contributed by atoms with van der Waals surface area (Å²) in [5.74, 6) is 0.857. The van der Waals surface area contributed by atoms with E-state index in [0.717, 1.165) is 47.5 Å². The summed E-state index contributed by atoms with van der Waals surface area (Å²) in [4.78, 5) is 11.6. The van der Waals surface area contributed by atoms with Gasteiger partial charge in [0.15, 0.2) is 0 Å². The highest BCUT2D eigenvalue weighted by Gasteiger charge is 2.08. The molecule has 0 aliphatic carbocycles. The van der Waals surface area contributed by atoms with Gasteiger partial charge in [0, 0.05) is 11.9 Å². The van der Waals surface area contributed by atoms with Gasteiger partial charge in [-0.1, -0.05) is 52.0 Å². The maximum Gasteiger partial charge on any atom is 0.143 e. The number of aryl methyl sites for hydroxylation is 1. The first kappa shape index (κ1) is 24.8. The lowest BCUT2D eigenvalue weighted by atomic mass is 10.1. The Balaban J connectivity index is 0.000000516. The van der Waals surface area contributed by atoms with Crippen molar-refractivity contribution in [1.29, 1.82) is 0 Å². The molecule has 5 heteroatoms. The van der Waals surface area contributed by atoms with E-state index in [9.17, 15) is 0 Å². The van der Waals surface area contributed by atoms with Crippen LogP contribution in [-0.4, -0.2) is 41.5 Å². The third kappa shape index (κ3) is 9.68. The van der Waals surface area contributed by atoms with Gasteiger partial charge >= 0.3 is 0 Å². The van der Waals surface area contributed by atoms with Crippen molar-refractivity contribution in [3.63, 3.8) is 0 Å². The average molecular weight is 399 g/mol. The minimum absolute atomic E-state index is 0.705. The lowest BCUT2D eigenvalue weighted by Gasteiger charge is -2.16. The van der Waals surface area contributed by atoms with Gasteiger partial charge in [-0.3, -0.25) is 4.90 Å². The molecule has 0 amide bonds. The molecule has 29 heavy (non-hydrogen) atoms. The second-order valence-corrected chi connectivity index (χ2v) is 7.10. The highest BCUT2D eigenvalue weighted by molar-refractivity contribution is 5.80. The van der Waals surface area contributed by atoms with Gasteiger partial charge in [0.25, 0.3) is 0 Å². The van der Waals surface area contributed by atoms with Gasteiger partial charge in [-0.2, -0.15) is 0 Å². The summed E-state index contributed by atoms with van der Waals surface area (Å²) in [7, 11) is 2.05. The molecule has 0 atom stereocenters. The molecule has 0 spiro atoms. The molecule has 2 rings (SSSR count). The van der Waals surface area contributed by atoms with Crippen LogP contribution in [0.5, 0.6) is 0 Å². The third-order valence-electron chi connectivity index (χ3n) is 4.32. The number of para-hydroxylation sites is 1. The number of likely N-dealkylation sites (N-methyl/N-ethyl adjacent to an activating group) is 1. The molecule has 0 bridgehead atoms. The van der Waals surface area contributed by atoms with Crippen molar-refractivity contribution < 1.29 is 4.74 Å². The normalized spacial score (nSPS) is 11.3. The van der Waals surface area contributed by atoms with Crippen LogP contribution in [0.3, 0.4) is 0 Å². The molecule has 1 heterocycles. The van der Waals surface area contributed by atoms with Gasteiger partial charge in [-0.15, -0.1) is 0 Å². The van der Waals surface area contributed by atoms with Crippen molar-refractivity contribution in [2.24, 2.45) is 0 Å². The number of hydrogen-bond acceptors (Lipinski definition) is 5. The van der Waals surface area contributed by atoms with Crippen molar-refractivity contribution in [1.82, 2.24) is 20.2 Å². The fraction of sp³-hybridized carbons (Fsp3) is 0.500. The molecular formula is C24H38N4O. The van der Waals surface area contributed by atoms with Crippen LogP contribution in [-0.2, 0) is 17.7 Å². The second kappa shape index (κ2) is 14.7. The number of nitrogens with zero attached hydrogens (tertiary/aromatic N) is 3. The molecule has 0 saturated carbocycles. The highest BCUT2D eigenvalue weighted by atomic mass is 16.5. The minimum Gasteiger partial charge on any atom is -0.473 e. The predicted molar refractivity (Wildman–Crippen MR) is 124 cm³/mol. The van der Waals surface area contributed by atoms with E-state index in [1.807, 2.05) is 25.1 Å². The van der Waals surface area contributed by atoms with E-state index in [1.165, 1.54) is 25.6 Å². The molecule has 160 valence electrons. The topological polar surface area (TPSA) is 50.3 Å². The first-order valence-electron chi connectivity index (χ1n) is 10.6. The van der Waals surface area contributed by atoms with E-state index in [4.69, 9.17) is 9.72 Å². The molecule has 0 aliphatic heterocycles. The highest BCUT2D eigenvalue weighted by Crippen LogP contribution is 2.16. The van der Waals surface area contributed by atoms with E-state index in [0.29, 0.717) is 6.54 Å². The van der Waals surface area contributed by atoms with Crippen molar-refractivity contribution in [2.75, 3.05) is 26.7 Å². The molecule has 1 aromatic heterocycles. The zero-order valence-electron chi connectivity index (χ0n) is 18.9. The van der Waals surface area contributed by atoms with Crippen molar-refractivity contribution in [3.05, 3.63) is 60.5 Å². The molecule has 0 aliphatic rings. The first-order valence-corrected chi connectivity index (χ1v) is 10.6. The zero-order chi connectivity index (χ0) is 21.5. The fourth-order valence-corrected chi connectivity index (χ4v) is 2.94. The maximum absolute atomic E-state index is 5.08. The Morgan fingerprint density at radius 3 is 2.62 bits per heavy atom. The van der Waals surface area contributed by atoms with Crippen LogP contribution in [0.15, 0.2) is 48.9 Å². The standard InChI is InChI=1S/C18H23N3O.C6H15N/c1-5-16-15-9-7-8-10-17(15)20-18(19-16)12-21(4)11-14(3)13-22-6-2;1-3-5-6-7-4-2/h6-10,13H,2,5,11-12H2,1,3-4H3;7H,3-6H2,1-2H3/b14-13+;. The summed E-state index contributed by atoms with van der Waals surface area (Å²) >= 11 is 0. The lowest BCUT2D eigenvalue weighted by Crippen LogP contribution is -2.21. The van der Waals surface area contributed by atoms with Crippen LogP contribution < -0.4 is 5.32 Å². The summed E-state index contributed by atoms with van der Waals surface area (Å²) in [6.45, 7) is 15.8. The number of hydrogen-bond donors (Lipinski definition) is 1. The van der Waals surface area contributed by atoms with Crippen molar-refractivity contribution in [3.8, 4) is 0 Å². The molecule has 1 N–H and O–H groups in total. The Morgan fingerprint density at radius 2 is 1.97 bits per heavy atom. The van der Waals surface area contributed by atoms with Crippen molar-refractivity contribution >= 4 is 10.9 Å².